The predicted octanol–water partition coefficient (Wildman–Crippen LogP) is 0.686. The molecule has 8 heteroatoms. The lowest BCUT2D eigenvalue weighted by Gasteiger charge is -2.22. The fourth-order valence-corrected chi connectivity index (χ4v) is 2.89. The first-order valence-electron chi connectivity index (χ1n) is 8.12. The van der Waals surface area contributed by atoms with E-state index in [1.807, 2.05) is 0 Å². The number of nitrogens with one attached hydrogen (secondary N) is 2. The van der Waals surface area contributed by atoms with Gasteiger partial charge in [-0.1, -0.05) is 0 Å². The molecule has 1 unspecified atom stereocenters. The number of guanidine groups is 1. The molecule has 23 heavy (non-hydrogen) atoms. The molecule has 1 saturated heterocycles. The standard InChI is InChI=1S/C15H26N4O3.HI/c1-19(2)13(20)10-16-14(17-11-3-4-11)18-12-5-6-15(9-12)21-7-8-22-15;/h11-12H,3-10H2,1-2H3,(H2,16,17,18);1H. The van der Waals surface area contributed by atoms with Crippen LogP contribution in [0.25, 0.3) is 0 Å². The van der Waals surface area contributed by atoms with Gasteiger partial charge in [0.25, 0.3) is 0 Å². The van der Waals surface area contributed by atoms with Crippen LogP contribution >= 0.6 is 24.0 Å². The number of hydrogen-bond acceptors (Lipinski definition) is 4. The van der Waals surface area contributed by atoms with Crippen LogP contribution in [0.2, 0.25) is 0 Å². The van der Waals surface area contributed by atoms with Crippen molar-refractivity contribution in [3.05, 3.63) is 0 Å². The largest absolute Gasteiger partial charge is 0.354 e. The fourth-order valence-electron chi connectivity index (χ4n) is 2.89. The molecule has 0 aromatic rings. The van der Waals surface area contributed by atoms with E-state index in [4.69, 9.17) is 9.47 Å². The topological polar surface area (TPSA) is 75.2 Å². The van der Waals surface area contributed by atoms with Crippen LogP contribution in [0.15, 0.2) is 4.99 Å². The van der Waals surface area contributed by atoms with Crippen molar-refractivity contribution < 1.29 is 14.3 Å². The van der Waals surface area contributed by atoms with Gasteiger partial charge in [0.1, 0.15) is 6.54 Å². The third-order valence-electron chi connectivity index (χ3n) is 4.37. The number of nitrogens with zero attached hydrogens (tertiary/aromatic N) is 2. The van der Waals surface area contributed by atoms with Crippen molar-refractivity contribution in [3.8, 4) is 0 Å². The Labute approximate surface area is 154 Å². The number of rotatable bonds is 4. The monoisotopic (exact) mass is 438 g/mol. The molecule has 1 heterocycles. The van der Waals surface area contributed by atoms with Crippen LogP contribution in [0.5, 0.6) is 0 Å². The van der Waals surface area contributed by atoms with Crippen molar-refractivity contribution in [2.45, 2.75) is 50.0 Å². The molecule has 1 spiro atoms. The van der Waals surface area contributed by atoms with E-state index in [1.54, 1.807) is 19.0 Å². The molecule has 3 fully saturated rings. The molecule has 0 bridgehead atoms. The summed E-state index contributed by atoms with van der Waals surface area (Å²) in [6.45, 7) is 1.54. The highest BCUT2D eigenvalue weighted by Crippen LogP contribution is 2.37. The van der Waals surface area contributed by atoms with Crippen LogP contribution in [0.1, 0.15) is 32.1 Å². The molecule has 1 atom stereocenters. The van der Waals surface area contributed by atoms with Gasteiger partial charge in [0, 0.05) is 39.0 Å². The molecule has 0 aromatic heterocycles. The van der Waals surface area contributed by atoms with Crippen LogP contribution < -0.4 is 10.6 Å². The van der Waals surface area contributed by atoms with Crippen molar-refractivity contribution in [2.75, 3.05) is 33.9 Å². The highest BCUT2D eigenvalue weighted by atomic mass is 127. The van der Waals surface area contributed by atoms with Gasteiger partial charge in [-0.25, -0.2) is 4.99 Å². The molecule has 2 aliphatic carbocycles. The first kappa shape index (κ1) is 18.7. The zero-order chi connectivity index (χ0) is 15.6. The Morgan fingerprint density at radius 1 is 1.17 bits per heavy atom. The van der Waals surface area contributed by atoms with E-state index >= 15 is 0 Å². The van der Waals surface area contributed by atoms with Gasteiger partial charge in [-0.05, 0) is 19.3 Å². The fraction of sp³-hybridized carbons (Fsp3) is 0.867. The second-order valence-corrected chi connectivity index (χ2v) is 6.56. The van der Waals surface area contributed by atoms with Gasteiger partial charge in [0.05, 0.1) is 13.2 Å². The Bertz CT molecular complexity index is 448. The quantitative estimate of drug-likeness (QED) is 0.384. The molecule has 0 radical (unpaired) electrons. The van der Waals surface area contributed by atoms with Crippen LogP contribution in [-0.2, 0) is 14.3 Å². The van der Waals surface area contributed by atoms with Crippen molar-refractivity contribution in [2.24, 2.45) is 4.99 Å². The Morgan fingerprint density at radius 3 is 2.43 bits per heavy atom. The summed E-state index contributed by atoms with van der Waals surface area (Å²) in [7, 11) is 3.49. The van der Waals surface area contributed by atoms with Gasteiger partial charge < -0.3 is 25.0 Å². The Morgan fingerprint density at radius 2 is 1.83 bits per heavy atom. The second-order valence-electron chi connectivity index (χ2n) is 6.56. The lowest BCUT2D eigenvalue weighted by Crippen LogP contribution is -2.45. The van der Waals surface area contributed by atoms with Crippen LogP contribution in [0.3, 0.4) is 0 Å². The lowest BCUT2D eigenvalue weighted by atomic mass is 10.2. The van der Waals surface area contributed by atoms with Crippen LogP contribution in [0.4, 0.5) is 0 Å². The van der Waals surface area contributed by atoms with Gasteiger partial charge in [-0.3, -0.25) is 4.79 Å². The number of carbonyl (C=O) groups excluding carboxylic acids is 1. The first-order valence-corrected chi connectivity index (χ1v) is 8.12. The zero-order valence-electron chi connectivity index (χ0n) is 13.8. The van der Waals surface area contributed by atoms with Gasteiger partial charge in [-0.2, -0.15) is 0 Å². The summed E-state index contributed by atoms with van der Waals surface area (Å²) in [5.74, 6) is 0.349. The minimum absolute atomic E-state index is 0. The van der Waals surface area contributed by atoms with E-state index in [0.717, 1.165) is 25.2 Å². The molecule has 132 valence electrons. The van der Waals surface area contributed by atoms with E-state index in [-0.39, 0.29) is 48.3 Å². The van der Waals surface area contributed by atoms with E-state index in [0.29, 0.717) is 19.3 Å². The summed E-state index contributed by atoms with van der Waals surface area (Å²) in [5.41, 5.74) is 0. The number of carbonyl (C=O) groups is 1. The van der Waals surface area contributed by atoms with E-state index in [1.165, 1.54) is 12.8 Å². The molecule has 0 aromatic carbocycles. The number of likely N-dealkylation sites (N-methyl/N-ethyl adjacent to an activating group) is 1. The van der Waals surface area contributed by atoms with Gasteiger partial charge >= 0.3 is 0 Å². The third kappa shape index (κ3) is 5.18. The predicted molar refractivity (Wildman–Crippen MR) is 98.0 cm³/mol. The molecular weight excluding hydrogens is 411 g/mol. The van der Waals surface area contributed by atoms with Gasteiger partial charge in [0.2, 0.25) is 5.91 Å². The highest BCUT2D eigenvalue weighted by Gasteiger charge is 2.44. The number of halogens is 1. The summed E-state index contributed by atoms with van der Waals surface area (Å²) in [5, 5.41) is 6.82. The molecular formula is C15H27IN4O3. The summed E-state index contributed by atoms with van der Waals surface area (Å²) in [6, 6.07) is 0.771. The molecule has 7 nitrogen and oxygen atoms in total. The normalized spacial score (nSPS) is 26.0. The molecule has 1 amide bonds. The highest BCUT2D eigenvalue weighted by molar-refractivity contribution is 14.0. The molecule has 1 aliphatic heterocycles. The smallest absolute Gasteiger partial charge is 0.243 e. The van der Waals surface area contributed by atoms with Crippen molar-refractivity contribution in [3.63, 3.8) is 0 Å². The Hall–Kier alpha value is -0.610. The molecule has 2 saturated carbocycles. The zero-order valence-corrected chi connectivity index (χ0v) is 16.2. The third-order valence-corrected chi connectivity index (χ3v) is 4.37. The van der Waals surface area contributed by atoms with Crippen LogP contribution in [-0.4, -0.2) is 68.5 Å². The number of aliphatic imine (C=N–C) groups is 1. The van der Waals surface area contributed by atoms with E-state index in [2.05, 4.69) is 15.6 Å². The number of ether oxygens (including phenoxy) is 2. The maximum Gasteiger partial charge on any atom is 0.243 e. The maximum atomic E-state index is 11.7. The second kappa shape index (κ2) is 7.98. The summed E-state index contributed by atoms with van der Waals surface area (Å²) < 4.78 is 11.5. The molecule has 3 aliphatic rings. The average Bonchev–Trinajstić information content (AvgIpc) is 3.05. The summed E-state index contributed by atoms with van der Waals surface area (Å²) >= 11 is 0. The number of hydrogen-bond donors (Lipinski definition) is 2. The Balaban J connectivity index is 0.00000192. The minimum Gasteiger partial charge on any atom is -0.354 e. The van der Waals surface area contributed by atoms with E-state index in [9.17, 15) is 4.79 Å². The summed E-state index contributed by atoms with van der Waals surface area (Å²) in [4.78, 5) is 17.7. The van der Waals surface area contributed by atoms with Gasteiger partial charge in [0.15, 0.2) is 11.7 Å². The Kier molecular flexibility index (Phi) is 6.49. The van der Waals surface area contributed by atoms with Crippen molar-refractivity contribution in [1.29, 1.82) is 0 Å². The molecule has 3 rings (SSSR count). The summed E-state index contributed by atoms with van der Waals surface area (Å²) in [6.07, 6.45) is 5.08. The lowest BCUT2D eigenvalue weighted by molar-refractivity contribution is -0.151. The minimum atomic E-state index is -0.387. The van der Waals surface area contributed by atoms with E-state index < -0.39 is 0 Å². The van der Waals surface area contributed by atoms with Gasteiger partial charge in [-0.15, -0.1) is 24.0 Å². The SMILES string of the molecule is CN(C)C(=O)CN=C(NC1CC1)NC1CCC2(C1)OCCO2.I. The maximum absolute atomic E-state index is 11.7. The first-order chi connectivity index (χ1) is 10.6. The van der Waals surface area contributed by atoms with Crippen molar-refractivity contribution in [1.82, 2.24) is 15.5 Å². The number of amides is 1. The van der Waals surface area contributed by atoms with Crippen LogP contribution in [0, 0.1) is 0 Å². The molecule has 2 N–H and O–H groups in total. The average molecular weight is 438 g/mol. The van der Waals surface area contributed by atoms with Crippen molar-refractivity contribution >= 4 is 35.8 Å².